The normalized spacial score (nSPS) is 22.0. The van der Waals surface area contributed by atoms with Crippen molar-refractivity contribution in [1.29, 1.82) is 0 Å². The van der Waals surface area contributed by atoms with Crippen LogP contribution in [0.3, 0.4) is 0 Å². The van der Waals surface area contributed by atoms with Crippen LogP contribution in [-0.4, -0.2) is 24.5 Å². The van der Waals surface area contributed by atoms with E-state index in [0.717, 1.165) is 11.3 Å². The smallest absolute Gasteiger partial charge is 0.187 e. The van der Waals surface area contributed by atoms with Crippen molar-refractivity contribution in [2.45, 2.75) is 38.6 Å². The van der Waals surface area contributed by atoms with Crippen molar-refractivity contribution in [3.63, 3.8) is 0 Å². The highest BCUT2D eigenvalue weighted by atomic mass is 32.1. The number of thiocarbonyl (C=S) groups is 1. The summed E-state index contributed by atoms with van der Waals surface area (Å²) in [6.07, 6.45) is 6.77. The first-order valence-corrected chi connectivity index (χ1v) is 7.84. The van der Waals surface area contributed by atoms with Crippen LogP contribution in [0, 0.1) is 5.92 Å². The van der Waals surface area contributed by atoms with Gasteiger partial charge in [-0.15, -0.1) is 0 Å². The quantitative estimate of drug-likeness (QED) is 0.510. The second-order valence-corrected chi connectivity index (χ2v) is 5.86. The van der Waals surface area contributed by atoms with Crippen LogP contribution in [0.25, 0.3) is 0 Å². The fraction of sp³-hybridized carbons (Fsp3) is 0.500. The zero-order valence-electron chi connectivity index (χ0n) is 12.6. The van der Waals surface area contributed by atoms with Crippen LogP contribution in [0.5, 0.6) is 5.75 Å². The Morgan fingerprint density at radius 1 is 1.33 bits per heavy atom. The monoisotopic (exact) mass is 305 g/mol. The second kappa shape index (κ2) is 7.98. The number of methoxy groups -OCH3 is 1. The van der Waals surface area contributed by atoms with Gasteiger partial charge in [0, 0.05) is 11.6 Å². The molecular weight excluding hydrogens is 282 g/mol. The SMILES string of the molecule is COc1ccccc1/C=N\NC(=S)N[C@H]1CCCC[C@@H]1C. The first-order valence-electron chi connectivity index (χ1n) is 7.43. The highest BCUT2D eigenvalue weighted by molar-refractivity contribution is 7.80. The molecule has 4 nitrogen and oxygen atoms in total. The lowest BCUT2D eigenvalue weighted by Crippen LogP contribution is -2.44. The van der Waals surface area contributed by atoms with Crippen molar-refractivity contribution in [1.82, 2.24) is 10.7 Å². The highest BCUT2D eigenvalue weighted by Gasteiger charge is 2.21. The van der Waals surface area contributed by atoms with Crippen LogP contribution in [0.15, 0.2) is 29.4 Å². The van der Waals surface area contributed by atoms with E-state index in [4.69, 9.17) is 17.0 Å². The molecule has 0 saturated heterocycles. The molecule has 0 heterocycles. The maximum Gasteiger partial charge on any atom is 0.187 e. The zero-order valence-corrected chi connectivity index (χ0v) is 13.5. The number of ether oxygens (including phenoxy) is 1. The minimum atomic E-state index is 0.459. The summed E-state index contributed by atoms with van der Waals surface area (Å²) in [5.74, 6) is 1.46. The predicted octanol–water partition coefficient (Wildman–Crippen LogP) is 3.07. The maximum absolute atomic E-state index is 5.30. The average molecular weight is 305 g/mol. The number of nitrogens with zero attached hydrogens (tertiary/aromatic N) is 1. The summed E-state index contributed by atoms with van der Waals surface area (Å²) in [5.41, 5.74) is 3.80. The standard InChI is InChI=1S/C16H23N3OS/c1-12-7-3-5-9-14(12)18-16(21)19-17-11-13-8-4-6-10-15(13)20-2/h4,6,8,10-12,14H,3,5,7,9H2,1-2H3,(H2,18,19,21)/b17-11-/t12-,14-/m0/s1. The molecule has 1 saturated carbocycles. The van der Waals surface area contributed by atoms with Crippen LogP contribution in [0.4, 0.5) is 0 Å². The summed E-state index contributed by atoms with van der Waals surface area (Å²) in [5, 5.41) is 8.12. The maximum atomic E-state index is 5.30. The minimum absolute atomic E-state index is 0.459. The summed E-state index contributed by atoms with van der Waals surface area (Å²) in [6.45, 7) is 2.28. The molecule has 1 aliphatic rings. The molecule has 2 rings (SSSR count). The van der Waals surface area contributed by atoms with Crippen LogP contribution in [-0.2, 0) is 0 Å². The molecule has 1 aromatic carbocycles. The fourth-order valence-electron chi connectivity index (χ4n) is 2.66. The van der Waals surface area contributed by atoms with Crippen LogP contribution >= 0.6 is 12.2 Å². The summed E-state index contributed by atoms with van der Waals surface area (Å²) >= 11 is 5.30. The molecule has 0 amide bonds. The Bertz CT molecular complexity index is 504. The fourth-order valence-corrected chi connectivity index (χ4v) is 2.87. The van der Waals surface area contributed by atoms with Crippen molar-refractivity contribution in [3.05, 3.63) is 29.8 Å². The summed E-state index contributed by atoms with van der Waals surface area (Å²) < 4.78 is 5.27. The Hall–Kier alpha value is -1.62. The summed E-state index contributed by atoms with van der Waals surface area (Å²) in [7, 11) is 1.65. The second-order valence-electron chi connectivity index (χ2n) is 5.45. The van der Waals surface area contributed by atoms with Gasteiger partial charge in [0.05, 0.1) is 13.3 Å². The molecule has 1 aromatic rings. The Kier molecular flexibility index (Phi) is 5.99. The highest BCUT2D eigenvalue weighted by Crippen LogP contribution is 2.23. The number of para-hydroxylation sites is 1. The van der Waals surface area contributed by atoms with E-state index >= 15 is 0 Å². The van der Waals surface area contributed by atoms with E-state index in [1.54, 1.807) is 13.3 Å². The van der Waals surface area contributed by atoms with E-state index in [0.29, 0.717) is 17.1 Å². The third-order valence-corrected chi connectivity index (χ3v) is 4.15. The van der Waals surface area contributed by atoms with Gasteiger partial charge in [-0.1, -0.05) is 31.9 Å². The molecule has 0 aliphatic heterocycles. The van der Waals surface area contributed by atoms with E-state index in [9.17, 15) is 0 Å². The van der Waals surface area contributed by atoms with E-state index in [-0.39, 0.29) is 0 Å². The Morgan fingerprint density at radius 3 is 2.86 bits per heavy atom. The van der Waals surface area contributed by atoms with Gasteiger partial charge in [0.1, 0.15) is 5.75 Å². The molecular formula is C16H23N3OS. The van der Waals surface area contributed by atoms with Crippen molar-refractivity contribution in [2.75, 3.05) is 7.11 Å². The molecule has 0 unspecified atom stereocenters. The lowest BCUT2D eigenvalue weighted by atomic mass is 9.86. The third kappa shape index (κ3) is 4.70. The average Bonchev–Trinajstić information content (AvgIpc) is 2.50. The van der Waals surface area contributed by atoms with Gasteiger partial charge in [-0.3, -0.25) is 5.43 Å². The van der Waals surface area contributed by atoms with Gasteiger partial charge < -0.3 is 10.1 Å². The van der Waals surface area contributed by atoms with Crippen LogP contribution < -0.4 is 15.5 Å². The third-order valence-electron chi connectivity index (χ3n) is 3.94. The van der Waals surface area contributed by atoms with Crippen LogP contribution in [0.1, 0.15) is 38.2 Å². The first-order chi connectivity index (χ1) is 10.2. The lowest BCUT2D eigenvalue weighted by molar-refractivity contribution is 0.308. The molecule has 1 fully saturated rings. The van der Waals surface area contributed by atoms with Gasteiger partial charge in [0.25, 0.3) is 0 Å². The molecule has 0 radical (unpaired) electrons. The van der Waals surface area contributed by atoms with Gasteiger partial charge in [-0.25, -0.2) is 0 Å². The van der Waals surface area contributed by atoms with Crippen molar-refractivity contribution >= 4 is 23.5 Å². The van der Waals surface area contributed by atoms with Crippen molar-refractivity contribution < 1.29 is 4.74 Å². The number of rotatable bonds is 4. The van der Waals surface area contributed by atoms with Gasteiger partial charge in [-0.2, -0.15) is 5.10 Å². The lowest BCUT2D eigenvalue weighted by Gasteiger charge is -2.30. The molecule has 2 atom stereocenters. The van der Waals surface area contributed by atoms with Gasteiger partial charge in [0.2, 0.25) is 0 Å². The Labute approximate surface area is 132 Å². The summed E-state index contributed by atoms with van der Waals surface area (Å²) in [4.78, 5) is 0. The largest absolute Gasteiger partial charge is 0.496 e. The molecule has 5 heteroatoms. The topological polar surface area (TPSA) is 45.6 Å². The molecule has 21 heavy (non-hydrogen) atoms. The first kappa shape index (κ1) is 15.8. The molecule has 0 spiro atoms. The molecule has 0 aromatic heterocycles. The van der Waals surface area contributed by atoms with Crippen LogP contribution in [0.2, 0.25) is 0 Å². The zero-order chi connectivity index (χ0) is 15.1. The number of nitrogens with one attached hydrogen (secondary N) is 2. The molecule has 2 N–H and O–H groups in total. The number of hydrogen-bond donors (Lipinski definition) is 2. The Morgan fingerprint density at radius 2 is 2.10 bits per heavy atom. The van der Waals surface area contributed by atoms with E-state index < -0.39 is 0 Å². The Balaban J connectivity index is 1.84. The van der Waals surface area contributed by atoms with Gasteiger partial charge >= 0.3 is 0 Å². The minimum Gasteiger partial charge on any atom is -0.496 e. The van der Waals surface area contributed by atoms with Gasteiger partial charge in [0.15, 0.2) is 5.11 Å². The molecule has 0 bridgehead atoms. The molecule has 1 aliphatic carbocycles. The van der Waals surface area contributed by atoms with E-state index in [1.165, 1.54) is 25.7 Å². The van der Waals surface area contributed by atoms with Gasteiger partial charge in [-0.05, 0) is 43.1 Å². The van der Waals surface area contributed by atoms with E-state index in [1.807, 2.05) is 24.3 Å². The number of hydrogen-bond acceptors (Lipinski definition) is 3. The van der Waals surface area contributed by atoms with E-state index in [2.05, 4.69) is 22.8 Å². The number of benzene rings is 1. The summed E-state index contributed by atoms with van der Waals surface area (Å²) in [6, 6.07) is 8.19. The number of hydrazone groups is 1. The molecule has 114 valence electrons. The predicted molar refractivity (Wildman–Crippen MR) is 90.9 cm³/mol. The van der Waals surface area contributed by atoms with Crippen molar-refractivity contribution in [2.24, 2.45) is 11.0 Å². The van der Waals surface area contributed by atoms with Crippen molar-refractivity contribution in [3.8, 4) is 5.75 Å².